The first-order valence-electron chi connectivity index (χ1n) is 11.4. The maximum atomic E-state index is 2.47. The van der Waals surface area contributed by atoms with Crippen molar-refractivity contribution in [3.63, 3.8) is 0 Å². The van der Waals surface area contributed by atoms with Gasteiger partial charge in [0.05, 0.1) is 0 Å². The number of para-hydroxylation sites is 1. The largest absolute Gasteiger partial charge is 0.344 e. The predicted octanol–water partition coefficient (Wildman–Crippen LogP) is 4.71. The van der Waals surface area contributed by atoms with Gasteiger partial charge in [0.2, 0.25) is 0 Å². The van der Waals surface area contributed by atoms with Crippen molar-refractivity contribution >= 4 is 50.6 Å². The lowest BCUT2D eigenvalue weighted by molar-refractivity contribution is 1.01. The van der Waals surface area contributed by atoms with Gasteiger partial charge in [0, 0.05) is 28.9 Å². The van der Waals surface area contributed by atoms with E-state index >= 15 is 0 Å². The van der Waals surface area contributed by atoms with Crippen LogP contribution in [-0.2, 0) is 7.05 Å². The molecule has 5 aromatic carbocycles. The minimum Gasteiger partial charge on any atom is -0.344 e. The molecule has 1 nitrogen and oxygen atoms in total. The zero-order valence-corrected chi connectivity index (χ0v) is 19.6. The van der Waals surface area contributed by atoms with E-state index in [9.17, 15) is 0 Å². The second kappa shape index (κ2) is 7.91. The van der Waals surface area contributed by atoms with Gasteiger partial charge in [0.1, 0.15) is 0 Å². The lowest BCUT2D eigenvalue weighted by Gasteiger charge is -2.34. The molecule has 0 radical (unpaired) electrons. The first kappa shape index (κ1) is 19.8. The Morgan fingerprint density at radius 2 is 0.879 bits per heavy atom. The molecule has 0 aliphatic heterocycles. The third-order valence-electron chi connectivity index (χ3n) is 6.97. The van der Waals surface area contributed by atoms with Gasteiger partial charge < -0.3 is 4.57 Å². The molecule has 2 heteroatoms. The Kier molecular flexibility index (Phi) is 4.74. The molecule has 0 saturated heterocycles. The molecule has 0 fully saturated rings. The Balaban J connectivity index is 1.77. The summed E-state index contributed by atoms with van der Waals surface area (Å²) in [5.41, 5.74) is 2.55. The predicted molar refractivity (Wildman–Crippen MR) is 144 cm³/mol. The van der Waals surface area contributed by atoms with Crippen molar-refractivity contribution in [2.24, 2.45) is 7.05 Å². The Morgan fingerprint density at radius 1 is 0.424 bits per heavy atom. The maximum absolute atomic E-state index is 2.50. The van der Waals surface area contributed by atoms with Crippen molar-refractivity contribution in [2.75, 3.05) is 0 Å². The molecule has 1 heterocycles. The van der Waals surface area contributed by atoms with E-state index in [2.05, 4.69) is 145 Å². The van der Waals surface area contributed by atoms with Crippen LogP contribution in [0.25, 0.3) is 21.8 Å². The fraction of sp³-hybridized carbons (Fsp3) is 0.0323. The van der Waals surface area contributed by atoms with Gasteiger partial charge in [-0.1, -0.05) is 121 Å². The molecule has 6 rings (SSSR count). The van der Waals surface area contributed by atoms with Crippen molar-refractivity contribution in [1.29, 1.82) is 0 Å². The summed E-state index contributed by atoms with van der Waals surface area (Å²) < 4.78 is 2.31. The fourth-order valence-corrected chi connectivity index (χ4v) is 10.2. The van der Waals surface area contributed by atoms with Crippen molar-refractivity contribution < 1.29 is 0 Å². The molecule has 1 aromatic heterocycles. The molecule has 158 valence electrons. The smallest absolute Gasteiger partial charge is 0.179 e. The maximum Gasteiger partial charge on any atom is 0.179 e. The van der Waals surface area contributed by atoms with E-state index in [1.54, 1.807) is 0 Å². The average Bonchev–Trinajstić information content (AvgIpc) is 3.18. The van der Waals surface area contributed by atoms with E-state index in [4.69, 9.17) is 0 Å². The van der Waals surface area contributed by atoms with E-state index in [1.807, 2.05) is 0 Å². The summed E-state index contributed by atoms with van der Waals surface area (Å²) in [5, 5.41) is 8.26. The van der Waals surface area contributed by atoms with Crippen LogP contribution in [0.15, 0.2) is 133 Å². The van der Waals surface area contributed by atoms with Crippen LogP contribution in [0.3, 0.4) is 0 Å². The third kappa shape index (κ3) is 2.99. The second-order valence-electron chi connectivity index (χ2n) is 8.66. The lowest BCUT2D eigenvalue weighted by Crippen LogP contribution is -2.74. The normalized spacial score (nSPS) is 11.8. The molecular weight excluding hydrogens is 414 g/mol. The molecule has 0 aliphatic carbocycles. The van der Waals surface area contributed by atoms with Crippen LogP contribution in [0.5, 0.6) is 0 Å². The highest BCUT2D eigenvalue weighted by molar-refractivity contribution is 7.20. The van der Waals surface area contributed by atoms with Crippen molar-refractivity contribution in [3.8, 4) is 0 Å². The first-order valence-corrected chi connectivity index (χ1v) is 13.4. The molecule has 0 unspecified atom stereocenters. The van der Waals surface area contributed by atoms with Gasteiger partial charge in [0.15, 0.2) is 8.07 Å². The zero-order valence-electron chi connectivity index (χ0n) is 18.6. The van der Waals surface area contributed by atoms with E-state index in [1.165, 1.54) is 42.6 Å². The van der Waals surface area contributed by atoms with Gasteiger partial charge in [0.25, 0.3) is 0 Å². The number of aromatic nitrogens is 1. The van der Waals surface area contributed by atoms with Crippen LogP contribution in [0.1, 0.15) is 0 Å². The number of aryl methyl sites for hydroxylation is 1. The van der Waals surface area contributed by atoms with Crippen LogP contribution >= 0.6 is 0 Å². The van der Waals surface area contributed by atoms with Crippen LogP contribution < -0.4 is 20.7 Å². The minimum atomic E-state index is -2.50. The lowest BCUT2D eigenvalue weighted by atomic mass is 10.1. The molecule has 0 saturated carbocycles. The van der Waals surface area contributed by atoms with Crippen LogP contribution in [-0.4, -0.2) is 12.6 Å². The molecule has 0 aliphatic rings. The van der Waals surface area contributed by atoms with Crippen molar-refractivity contribution in [2.45, 2.75) is 0 Å². The Labute approximate surface area is 195 Å². The van der Waals surface area contributed by atoms with Gasteiger partial charge in [-0.25, -0.2) is 0 Å². The molecular formula is C31H25NSi. The first-order chi connectivity index (χ1) is 16.3. The van der Waals surface area contributed by atoms with Gasteiger partial charge in [-0.3, -0.25) is 0 Å². The summed E-state index contributed by atoms with van der Waals surface area (Å²) in [6.45, 7) is 0. The highest BCUT2D eigenvalue weighted by Crippen LogP contribution is 2.27. The van der Waals surface area contributed by atoms with Crippen LogP contribution in [0, 0.1) is 0 Å². The number of benzene rings is 5. The van der Waals surface area contributed by atoms with Crippen molar-refractivity contribution in [3.05, 3.63) is 133 Å². The van der Waals surface area contributed by atoms with Crippen molar-refractivity contribution in [1.82, 2.24) is 4.57 Å². The van der Waals surface area contributed by atoms with E-state index in [-0.39, 0.29) is 0 Å². The summed E-state index contributed by atoms with van der Waals surface area (Å²) in [6.07, 6.45) is 0. The monoisotopic (exact) mass is 439 g/mol. The topological polar surface area (TPSA) is 4.93 Å². The molecule has 33 heavy (non-hydrogen) atoms. The summed E-state index contributed by atoms with van der Waals surface area (Å²) in [7, 11) is -0.337. The van der Waals surface area contributed by atoms with E-state index in [0.717, 1.165) is 0 Å². The highest BCUT2D eigenvalue weighted by atomic mass is 28.3. The molecule has 0 amide bonds. The minimum absolute atomic E-state index is 1.27. The molecule has 0 spiro atoms. The Bertz CT molecular complexity index is 1450. The number of hydrogen-bond acceptors (Lipinski definition) is 0. The molecule has 0 N–H and O–H groups in total. The second-order valence-corrected chi connectivity index (χ2v) is 12.5. The van der Waals surface area contributed by atoms with Gasteiger partial charge in [-0.2, -0.15) is 0 Å². The Morgan fingerprint density at radius 3 is 1.42 bits per heavy atom. The molecule has 0 bridgehead atoms. The molecule has 0 atom stereocenters. The van der Waals surface area contributed by atoms with Gasteiger partial charge in [-0.05, 0) is 32.9 Å². The number of rotatable bonds is 4. The summed E-state index contributed by atoms with van der Waals surface area (Å²) >= 11 is 0. The molecule has 6 aromatic rings. The SMILES string of the molecule is Cn1c2ccccc2c2cc([Si](c3ccccc3)(c3ccccc3)c3ccccc3)ccc21. The summed E-state index contributed by atoms with van der Waals surface area (Å²) in [6, 6.07) is 49.2. The number of fused-ring (bicyclic) bond motifs is 3. The van der Waals surface area contributed by atoms with E-state index in [0.29, 0.717) is 0 Å². The zero-order chi connectivity index (χ0) is 22.3. The Hall–Kier alpha value is -3.88. The van der Waals surface area contributed by atoms with E-state index < -0.39 is 8.07 Å². The van der Waals surface area contributed by atoms with Crippen LogP contribution in [0.2, 0.25) is 0 Å². The quantitative estimate of drug-likeness (QED) is 0.277. The summed E-state index contributed by atoms with van der Waals surface area (Å²) in [4.78, 5) is 0. The van der Waals surface area contributed by atoms with Gasteiger partial charge in [-0.15, -0.1) is 0 Å². The third-order valence-corrected chi connectivity index (χ3v) is 11.7. The highest BCUT2D eigenvalue weighted by Gasteiger charge is 2.41. The van der Waals surface area contributed by atoms with Gasteiger partial charge >= 0.3 is 0 Å². The summed E-state index contributed by atoms with van der Waals surface area (Å²) in [5.74, 6) is 0. The average molecular weight is 440 g/mol. The number of hydrogen-bond donors (Lipinski definition) is 0. The number of nitrogens with zero attached hydrogens (tertiary/aromatic N) is 1. The standard InChI is InChI=1S/C31H25NSi/c1-32-30-20-12-11-19-28(30)29-23-27(21-22-31(29)32)33(24-13-5-2-6-14-24,25-15-7-3-8-16-25)26-17-9-4-10-18-26/h2-23H,1H3. The van der Waals surface area contributed by atoms with Crippen LogP contribution in [0.4, 0.5) is 0 Å². The fourth-order valence-electron chi connectivity index (χ4n) is 5.47.